The Bertz CT molecular complexity index is 3830. The van der Waals surface area contributed by atoms with E-state index in [0.717, 1.165) is 83.6 Å². The van der Waals surface area contributed by atoms with Crippen LogP contribution in [0.4, 0.5) is 29.9 Å². The van der Waals surface area contributed by atoms with Crippen LogP contribution in [0.3, 0.4) is 0 Å². The molecule has 5 aliphatic heterocycles. The summed E-state index contributed by atoms with van der Waals surface area (Å²) in [5, 5.41) is 3.77. The SMILES string of the molecule is COCOc1cc(-c2ncc3c(N4CC5CCC(COC)(C4)N5C(=O)OC(C)(C)C)nc(OCC4(CN5CCN(CC6CCC7(CC6)CCN(C(=O)c6ccc(C)c(N8CCC(=O)NC8=O)c6)CC7)CC5)CC4)nc3c2F)c2c(C#C[Si](C(C)C)(C(C)C)C(C)C)c(F)ccc2c1. The molecule has 2 atom stereocenters. The number of hydrogen-bond donors (Lipinski definition) is 1. The van der Waals surface area contributed by atoms with Crippen LogP contribution in [-0.4, -0.2) is 190 Å². The molecule has 1 N–H and O–H groups in total. The number of likely N-dealkylation sites (tertiary alicyclic amines) is 1. The first kappa shape index (κ1) is 69.9. The quantitative estimate of drug-likeness (QED) is 0.0467. The molecule has 522 valence electrons. The highest BCUT2D eigenvalue weighted by Gasteiger charge is 2.56. The Hall–Kier alpha value is -7.03. The molecule has 5 saturated heterocycles. The number of halogens is 2. The third-order valence-electron chi connectivity index (χ3n) is 22.7. The highest BCUT2D eigenvalue weighted by atomic mass is 28.3. The molecule has 22 heteroatoms. The molecule has 2 aromatic heterocycles. The molecular formula is C75H100F2N10O9Si. The number of benzene rings is 3. The number of nitrogens with one attached hydrogen (secondary N) is 1. The Balaban J connectivity index is 0.756. The van der Waals surface area contributed by atoms with E-state index in [-0.39, 0.29) is 94.5 Å². The van der Waals surface area contributed by atoms with Gasteiger partial charge < -0.3 is 43.3 Å². The first-order valence-electron chi connectivity index (χ1n) is 35.4. The zero-order valence-electron chi connectivity index (χ0n) is 59.1. The number of urea groups is 1. The first-order valence-corrected chi connectivity index (χ1v) is 37.6. The molecule has 2 saturated carbocycles. The van der Waals surface area contributed by atoms with Gasteiger partial charge in [-0.1, -0.05) is 59.6 Å². The van der Waals surface area contributed by atoms with Crippen LogP contribution >= 0.6 is 0 Å². The summed E-state index contributed by atoms with van der Waals surface area (Å²) in [5.41, 5.74) is 5.70. The van der Waals surface area contributed by atoms with Crippen molar-refractivity contribution in [2.24, 2.45) is 16.7 Å². The van der Waals surface area contributed by atoms with Gasteiger partial charge in [-0.05, 0) is 161 Å². The number of imide groups is 1. The van der Waals surface area contributed by atoms with Crippen LogP contribution in [0.2, 0.25) is 16.6 Å². The van der Waals surface area contributed by atoms with Gasteiger partial charge in [-0.25, -0.2) is 18.4 Å². The molecule has 0 radical (unpaired) electrons. The number of rotatable bonds is 19. The minimum Gasteiger partial charge on any atom is -0.468 e. The van der Waals surface area contributed by atoms with Crippen LogP contribution < -0.4 is 24.6 Å². The smallest absolute Gasteiger partial charge is 0.411 e. The fraction of sp³-hybridized carbons (Fsp3) is 0.613. The number of pyridine rings is 1. The Labute approximate surface area is 572 Å². The lowest BCUT2D eigenvalue weighted by Crippen LogP contribution is -2.66. The third kappa shape index (κ3) is 14.3. The fourth-order valence-corrected chi connectivity index (χ4v) is 22.5. The minimum absolute atomic E-state index is 0.00719. The number of amides is 5. The van der Waals surface area contributed by atoms with E-state index < -0.39 is 43.0 Å². The normalized spacial score (nSPS) is 21.7. The van der Waals surface area contributed by atoms with Gasteiger partial charge >= 0.3 is 18.1 Å². The Morgan fingerprint density at radius 2 is 1.52 bits per heavy atom. The lowest BCUT2D eigenvalue weighted by molar-refractivity contribution is -0.120. The Morgan fingerprint density at radius 1 is 0.804 bits per heavy atom. The Kier molecular flexibility index (Phi) is 20.1. The van der Waals surface area contributed by atoms with E-state index in [4.69, 9.17) is 38.6 Å². The van der Waals surface area contributed by atoms with Crippen molar-refractivity contribution in [2.45, 2.75) is 174 Å². The topological polar surface area (TPSA) is 185 Å². The van der Waals surface area contributed by atoms with Gasteiger partial charge in [0, 0.05) is 126 Å². The summed E-state index contributed by atoms with van der Waals surface area (Å²) < 4.78 is 65.3. The summed E-state index contributed by atoms with van der Waals surface area (Å²) in [4.78, 5) is 80.3. The zero-order valence-corrected chi connectivity index (χ0v) is 60.1. The molecule has 2 bridgehead atoms. The van der Waals surface area contributed by atoms with Crippen LogP contribution in [0.5, 0.6) is 11.8 Å². The van der Waals surface area contributed by atoms with Crippen molar-refractivity contribution >= 4 is 65.2 Å². The van der Waals surface area contributed by atoms with E-state index in [1.54, 1.807) is 42.5 Å². The second kappa shape index (κ2) is 27.9. The summed E-state index contributed by atoms with van der Waals surface area (Å²) in [6, 6.07) is 11.4. The van der Waals surface area contributed by atoms with Gasteiger partial charge in [-0.15, -0.1) is 5.54 Å². The van der Waals surface area contributed by atoms with E-state index in [0.29, 0.717) is 83.0 Å². The number of hydrogen-bond acceptors (Lipinski definition) is 15. The van der Waals surface area contributed by atoms with Gasteiger partial charge in [-0.2, -0.15) is 9.97 Å². The molecular weight excluding hydrogens is 1250 g/mol. The van der Waals surface area contributed by atoms with Crippen molar-refractivity contribution in [1.82, 2.24) is 39.9 Å². The molecule has 7 aliphatic rings. The number of ether oxygens (including phenoxy) is 5. The zero-order chi connectivity index (χ0) is 68.9. The molecule has 5 aromatic rings. The predicted octanol–water partition coefficient (Wildman–Crippen LogP) is 12.9. The van der Waals surface area contributed by atoms with Gasteiger partial charge in [-0.3, -0.25) is 29.7 Å². The van der Waals surface area contributed by atoms with Crippen LogP contribution in [0.15, 0.2) is 48.7 Å². The van der Waals surface area contributed by atoms with Crippen LogP contribution in [-0.2, 0) is 19.0 Å². The number of anilines is 2. The third-order valence-corrected chi connectivity index (χ3v) is 29.0. The summed E-state index contributed by atoms with van der Waals surface area (Å²) in [5.74, 6) is 3.29. The van der Waals surface area contributed by atoms with Crippen molar-refractivity contribution in [3.63, 3.8) is 0 Å². The van der Waals surface area contributed by atoms with Gasteiger partial charge in [0.25, 0.3) is 5.91 Å². The van der Waals surface area contributed by atoms with E-state index in [2.05, 4.69) is 73.0 Å². The molecule has 97 heavy (non-hydrogen) atoms. The standard InChI is InChI=1S/C75H100F2N10O9Si/c1-48(2)97(49(3)4,50(5)6)36-21-57-60(76)16-15-53-37-56(95-47-93-12)39-58(63(53)57)65-64(77)66-59(40-78-65)67(85-42-55-19-24-75(44-85,46-92-11)87(55)71(91)96-72(8,9)10)81-69(80-66)94-45-74(25-26-74)43-83-34-32-82(33-35-83)41-52-17-22-73(23-18-52)27-30-84(31-28-73)68(89)54-14-13-51(7)61(38-54)86-29-20-62(88)79-70(86)90/h13-16,37-40,48-50,52,55H,17-20,22-35,41-47H2,1-12H3,(H,79,88,90). The van der Waals surface area contributed by atoms with E-state index in [1.807, 2.05) is 49.6 Å². The number of piperidine rings is 1. The van der Waals surface area contributed by atoms with E-state index >= 15 is 8.78 Å². The van der Waals surface area contributed by atoms with Crippen molar-refractivity contribution in [2.75, 3.05) is 116 Å². The molecule has 7 fully saturated rings. The lowest BCUT2D eigenvalue weighted by Gasteiger charge is -2.49. The van der Waals surface area contributed by atoms with Gasteiger partial charge in [0.05, 0.1) is 35.7 Å². The van der Waals surface area contributed by atoms with E-state index in [1.165, 1.54) is 38.9 Å². The highest BCUT2D eigenvalue weighted by Crippen LogP contribution is 2.50. The summed E-state index contributed by atoms with van der Waals surface area (Å²) in [6.07, 6.45) is 11.5. The second-order valence-electron chi connectivity index (χ2n) is 31.1. The molecule has 7 heterocycles. The summed E-state index contributed by atoms with van der Waals surface area (Å²) in [7, 11) is 0.785. The predicted molar refractivity (Wildman–Crippen MR) is 375 cm³/mol. The number of piperazine rings is 2. The van der Waals surface area contributed by atoms with Gasteiger partial charge in [0.1, 0.15) is 42.3 Å². The fourth-order valence-electron chi connectivity index (χ4n) is 17.3. The van der Waals surface area contributed by atoms with Crippen LogP contribution in [0, 0.1) is 46.8 Å². The van der Waals surface area contributed by atoms with Crippen molar-refractivity contribution < 1.29 is 51.6 Å². The average Bonchev–Trinajstić information content (AvgIpc) is 1.71. The number of aromatic nitrogens is 3. The molecule has 2 aliphatic carbocycles. The van der Waals surface area contributed by atoms with Gasteiger partial charge in [0.15, 0.2) is 12.6 Å². The molecule has 3 aromatic carbocycles. The largest absolute Gasteiger partial charge is 0.468 e. The maximum atomic E-state index is 18.5. The Morgan fingerprint density at radius 3 is 2.18 bits per heavy atom. The maximum absolute atomic E-state index is 18.5. The van der Waals surface area contributed by atoms with Gasteiger partial charge in [0.2, 0.25) is 5.91 Å². The number of carbonyl (C=O) groups is 4. The molecule has 1 spiro atoms. The molecule has 12 rings (SSSR count). The first-order chi connectivity index (χ1) is 46.3. The summed E-state index contributed by atoms with van der Waals surface area (Å²) in [6.45, 7) is 29.6. The highest BCUT2D eigenvalue weighted by molar-refractivity contribution is 6.90. The molecule has 5 amide bonds. The monoisotopic (exact) mass is 1350 g/mol. The van der Waals surface area contributed by atoms with Crippen molar-refractivity contribution in [1.29, 1.82) is 0 Å². The molecule has 19 nitrogen and oxygen atoms in total. The minimum atomic E-state index is -2.38. The van der Waals surface area contributed by atoms with E-state index in [9.17, 15) is 19.2 Å². The molecule has 2 unspecified atom stereocenters. The number of fused-ring (bicyclic) bond motifs is 4. The number of carbonyl (C=O) groups excluding carboxylic acids is 4. The van der Waals surface area contributed by atoms with Crippen LogP contribution in [0.1, 0.15) is 154 Å². The number of nitrogens with zero attached hydrogens (tertiary/aromatic N) is 9. The second-order valence-corrected chi connectivity index (χ2v) is 36.7. The van der Waals surface area contributed by atoms with Crippen molar-refractivity contribution in [3.05, 3.63) is 77.0 Å². The number of aryl methyl sites for hydroxylation is 1. The lowest BCUT2D eigenvalue weighted by atomic mass is 9.65. The average molecular weight is 1350 g/mol. The maximum Gasteiger partial charge on any atom is 0.411 e. The number of methoxy groups -OCH3 is 2. The van der Waals surface area contributed by atoms with Crippen LogP contribution in [0.25, 0.3) is 32.9 Å². The van der Waals surface area contributed by atoms with Crippen molar-refractivity contribution in [3.8, 4) is 34.5 Å². The summed E-state index contributed by atoms with van der Waals surface area (Å²) >= 11 is 0.